The van der Waals surface area contributed by atoms with Crippen LogP contribution in [0.25, 0.3) is 22.1 Å². The lowest BCUT2D eigenvalue weighted by molar-refractivity contribution is 0.499. The van der Waals surface area contributed by atoms with E-state index < -0.39 is 11.2 Å². The predicted molar refractivity (Wildman–Crippen MR) is 165 cm³/mol. The molecule has 0 amide bonds. The van der Waals surface area contributed by atoms with Gasteiger partial charge in [0.15, 0.2) is 11.2 Å². The highest BCUT2D eigenvalue weighted by Gasteiger charge is 2.27. The zero-order valence-corrected chi connectivity index (χ0v) is 24.0. The maximum absolute atomic E-state index is 14.0. The molecule has 1 saturated heterocycles. The molecular formula is C32H32N8O2. The van der Waals surface area contributed by atoms with Crippen LogP contribution in [0.4, 0.5) is 5.95 Å². The maximum atomic E-state index is 14.0. The minimum Gasteiger partial charge on any atom is -0.340 e. The maximum Gasteiger partial charge on any atom is 0.332 e. The molecular weight excluding hydrogens is 528 g/mol. The SMILES string of the molecule is CC#CCn1c(N2CCC[C@@H](N=Cc3ccccc3)C2)nc2c1c(=O)n(Cc1nc(C)c3ccccc3n1)c(=O)n2C. The van der Waals surface area contributed by atoms with E-state index in [0.29, 0.717) is 29.5 Å². The third-order valence-electron chi connectivity index (χ3n) is 7.68. The smallest absolute Gasteiger partial charge is 0.332 e. The van der Waals surface area contributed by atoms with E-state index in [2.05, 4.69) is 26.7 Å². The summed E-state index contributed by atoms with van der Waals surface area (Å²) in [6.45, 7) is 5.31. The van der Waals surface area contributed by atoms with Crippen LogP contribution in [-0.4, -0.2) is 54.0 Å². The number of anilines is 1. The van der Waals surface area contributed by atoms with Gasteiger partial charge in [0.25, 0.3) is 5.56 Å². The topological polar surface area (TPSA) is 103 Å². The van der Waals surface area contributed by atoms with Gasteiger partial charge in [-0.3, -0.25) is 23.5 Å². The number of fused-ring (bicyclic) bond motifs is 2. The van der Waals surface area contributed by atoms with Crippen molar-refractivity contribution in [1.29, 1.82) is 0 Å². The first-order valence-electron chi connectivity index (χ1n) is 14.1. The van der Waals surface area contributed by atoms with Gasteiger partial charge >= 0.3 is 5.69 Å². The van der Waals surface area contributed by atoms with Crippen molar-refractivity contribution in [2.45, 2.75) is 45.8 Å². The van der Waals surface area contributed by atoms with Crippen molar-refractivity contribution in [2.75, 3.05) is 18.0 Å². The van der Waals surface area contributed by atoms with Crippen molar-refractivity contribution in [1.82, 2.24) is 28.7 Å². The fraction of sp³-hybridized carbons (Fsp3) is 0.312. The molecule has 1 aliphatic heterocycles. The molecule has 10 heteroatoms. The van der Waals surface area contributed by atoms with Gasteiger partial charge in [0.2, 0.25) is 5.95 Å². The van der Waals surface area contributed by atoms with Crippen molar-refractivity contribution in [2.24, 2.45) is 12.0 Å². The number of nitrogens with zero attached hydrogens (tertiary/aromatic N) is 8. The second-order valence-corrected chi connectivity index (χ2v) is 10.5. The van der Waals surface area contributed by atoms with Gasteiger partial charge in [-0.25, -0.2) is 14.8 Å². The predicted octanol–water partition coefficient (Wildman–Crippen LogP) is 3.31. The lowest BCUT2D eigenvalue weighted by atomic mass is 10.1. The van der Waals surface area contributed by atoms with E-state index in [0.717, 1.165) is 41.5 Å². The standard InChI is InChI=1S/C32H32N8O2/c1-4-5-18-39-28-29(36-31(39)38-17-11-14-24(20-38)33-19-23-12-7-6-8-13-23)37(3)32(42)40(30(28)41)21-27-34-22(2)25-15-9-10-16-26(25)35-27/h6-10,12-13,15-16,19,24H,11,14,17-18,20-21H2,1-3H3/t24-/m1/s1. The number of aliphatic imine (C=N–C) groups is 1. The number of aryl methyl sites for hydroxylation is 2. The van der Waals surface area contributed by atoms with Crippen molar-refractivity contribution in [3.63, 3.8) is 0 Å². The Kier molecular flexibility index (Phi) is 7.40. The summed E-state index contributed by atoms with van der Waals surface area (Å²) >= 11 is 0. The van der Waals surface area contributed by atoms with E-state index in [-0.39, 0.29) is 19.1 Å². The summed E-state index contributed by atoms with van der Waals surface area (Å²) in [6.07, 6.45) is 3.81. The molecule has 10 nitrogen and oxygen atoms in total. The van der Waals surface area contributed by atoms with Gasteiger partial charge in [0.05, 0.1) is 24.6 Å². The fourth-order valence-corrected chi connectivity index (χ4v) is 5.54. The number of para-hydroxylation sites is 1. The molecule has 6 rings (SSSR count). The molecule has 4 heterocycles. The zero-order chi connectivity index (χ0) is 29.2. The first-order chi connectivity index (χ1) is 20.4. The van der Waals surface area contributed by atoms with E-state index in [1.54, 1.807) is 14.0 Å². The molecule has 0 unspecified atom stereocenters. The number of aromatic nitrogens is 6. The largest absolute Gasteiger partial charge is 0.340 e. The number of rotatable bonds is 6. The Bertz CT molecular complexity index is 1990. The van der Waals surface area contributed by atoms with Crippen molar-refractivity contribution >= 4 is 34.2 Å². The summed E-state index contributed by atoms with van der Waals surface area (Å²) in [6, 6.07) is 17.8. The Balaban J connectivity index is 1.41. The minimum absolute atomic E-state index is 0.0485. The van der Waals surface area contributed by atoms with E-state index in [4.69, 9.17) is 9.98 Å². The van der Waals surface area contributed by atoms with E-state index >= 15 is 0 Å². The van der Waals surface area contributed by atoms with Gasteiger partial charge in [-0.15, -0.1) is 5.92 Å². The minimum atomic E-state index is -0.469. The second kappa shape index (κ2) is 11.4. The van der Waals surface area contributed by atoms with Crippen molar-refractivity contribution < 1.29 is 0 Å². The number of piperidine rings is 1. The van der Waals surface area contributed by atoms with Crippen LogP contribution in [-0.2, 0) is 20.1 Å². The zero-order valence-electron chi connectivity index (χ0n) is 24.0. The third kappa shape index (κ3) is 5.09. The summed E-state index contributed by atoms with van der Waals surface area (Å²) in [4.78, 5) is 48.6. The molecule has 1 aliphatic rings. The van der Waals surface area contributed by atoms with Crippen molar-refractivity contribution in [3.05, 3.63) is 92.5 Å². The number of benzene rings is 2. The van der Waals surface area contributed by atoms with Crippen LogP contribution in [0.5, 0.6) is 0 Å². The van der Waals surface area contributed by atoms with Gasteiger partial charge in [-0.1, -0.05) is 54.5 Å². The number of imidazole rings is 1. The molecule has 0 bridgehead atoms. The van der Waals surface area contributed by atoms with Crippen LogP contribution < -0.4 is 16.1 Å². The Morgan fingerprint density at radius 2 is 1.81 bits per heavy atom. The highest BCUT2D eigenvalue weighted by Crippen LogP contribution is 2.24. The van der Waals surface area contributed by atoms with Crippen LogP contribution in [0.2, 0.25) is 0 Å². The van der Waals surface area contributed by atoms with Crippen LogP contribution >= 0.6 is 0 Å². The Labute approximate surface area is 243 Å². The molecule has 0 saturated carbocycles. The molecule has 0 spiro atoms. The van der Waals surface area contributed by atoms with E-state index in [1.807, 2.05) is 72.3 Å². The van der Waals surface area contributed by atoms with Crippen molar-refractivity contribution in [3.8, 4) is 11.8 Å². The molecule has 5 aromatic rings. The second-order valence-electron chi connectivity index (χ2n) is 10.5. The van der Waals surface area contributed by atoms with Crippen LogP contribution in [0.1, 0.15) is 36.8 Å². The van der Waals surface area contributed by atoms with Crippen LogP contribution in [0.15, 0.2) is 69.2 Å². The highest BCUT2D eigenvalue weighted by atomic mass is 16.2. The van der Waals surface area contributed by atoms with Gasteiger partial charge in [0, 0.05) is 37.4 Å². The molecule has 42 heavy (non-hydrogen) atoms. The average Bonchev–Trinajstić information content (AvgIpc) is 3.40. The molecule has 3 aromatic heterocycles. The summed E-state index contributed by atoms with van der Waals surface area (Å²) in [5, 5.41) is 0.936. The summed E-state index contributed by atoms with van der Waals surface area (Å²) < 4.78 is 4.45. The lowest BCUT2D eigenvalue weighted by Gasteiger charge is -2.31. The first kappa shape index (κ1) is 27.1. The lowest BCUT2D eigenvalue weighted by Crippen LogP contribution is -2.40. The molecule has 2 aromatic carbocycles. The van der Waals surface area contributed by atoms with Crippen LogP contribution in [0, 0.1) is 18.8 Å². The molecule has 0 aliphatic carbocycles. The molecule has 0 N–H and O–H groups in total. The van der Waals surface area contributed by atoms with E-state index in [9.17, 15) is 9.59 Å². The Morgan fingerprint density at radius 3 is 2.62 bits per heavy atom. The van der Waals surface area contributed by atoms with Crippen LogP contribution in [0.3, 0.4) is 0 Å². The third-order valence-corrected chi connectivity index (χ3v) is 7.68. The molecule has 1 atom stereocenters. The summed E-state index contributed by atoms with van der Waals surface area (Å²) in [5.74, 6) is 7.05. The van der Waals surface area contributed by atoms with E-state index in [1.165, 1.54) is 9.13 Å². The average molecular weight is 561 g/mol. The monoisotopic (exact) mass is 560 g/mol. The Morgan fingerprint density at radius 1 is 1.02 bits per heavy atom. The number of hydrogen-bond acceptors (Lipinski definition) is 7. The molecule has 212 valence electrons. The Hall–Kier alpha value is -5.04. The normalized spacial score (nSPS) is 15.4. The number of hydrogen-bond donors (Lipinski definition) is 0. The molecule has 1 fully saturated rings. The highest BCUT2D eigenvalue weighted by molar-refractivity contribution is 5.81. The fourth-order valence-electron chi connectivity index (χ4n) is 5.54. The molecule has 0 radical (unpaired) electrons. The van der Waals surface area contributed by atoms with Gasteiger partial charge in [-0.2, -0.15) is 4.98 Å². The summed E-state index contributed by atoms with van der Waals surface area (Å²) in [7, 11) is 1.64. The van der Waals surface area contributed by atoms with Gasteiger partial charge in [0.1, 0.15) is 5.82 Å². The van der Waals surface area contributed by atoms with Gasteiger partial charge < -0.3 is 4.90 Å². The van der Waals surface area contributed by atoms with Gasteiger partial charge in [-0.05, 0) is 38.3 Å². The summed E-state index contributed by atoms with van der Waals surface area (Å²) in [5.41, 5.74) is 2.38. The quantitative estimate of drug-likeness (QED) is 0.233. The first-order valence-corrected chi connectivity index (χ1v) is 14.1.